The predicted octanol–water partition coefficient (Wildman–Crippen LogP) is 2.17. The number of benzene rings is 1. The molecule has 24 heavy (non-hydrogen) atoms. The lowest BCUT2D eigenvalue weighted by Gasteiger charge is -2.09. The van der Waals surface area contributed by atoms with E-state index in [-0.39, 0.29) is 23.3 Å². The van der Waals surface area contributed by atoms with Crippen LogP contribution in [0, 0.1) is 5.82 Å². The molecule has 0 spiro atoms. The summed E-state index contributed by atoms with van der Waals surface area (Å²) in [6, 6.07) is 9.39. The summed E-state index contributed by atoms with van der Waals surface area (Å²) in [5.41, 5.74) is 5.53. The third-order valence-electron chi connectivity index (χ3n) is 2.76. The minimum Gasteiger partial charge on any atom is -0.298 e. The zero-order chi connectivity index (χ0) is 17.4. The van der Waals surface area contributed by atoms with E-state index in [9.17, 15) is 14.0 Å². The summed E-state index contributed by atoms with van der Waals surface area (Å²) in [7, 11) is 0. The molecule has 5 nitrogen and oxygen atoms in total. The molecule has 0 fully saturated rings. The summed E-state index contributed by atoms with van der Waals surface area (Å²) in [4.78, 5) is 24.3. The second-order valence-corrected chi connectivity index (χ2v) is 6.07. The van der Waals surface area contributed by atoms with E-state index >= 15 is 0 Å². The first kappa shape index (κ1) is 17.8. The van der Waals surface area contributed by atoms with Gasteiger partial charge in [-0.2, -0.15) is 0 Å². The van der Waals surface area contributed by atoms with Crippen molar-refractivity contribution in [3.05, 3.63) is 64.1 Å². The highest BCUT2D eigenvalue weighted by atomic mass is 32.1. The van der Waals surface area contributed by atoms with Crippen LogP contribution < -0.4 is 16.2 Å². The van der Waals surface area contributed by atoms with Crippen molar-refractivity contribution in [2.75, 3.05) is 0 Å². The van der Waals surface area contributed by atoms with Crippen LogP contribution in [0.1, 0.15) is 10.4 Å². The molecule has 3 N–H and O–H groups in total. The molecule has 0 atom stereocenters. The standard InChI is InChI=1S/C16H14FN3O2S2/c17-12-6-3-11(4-7-12)5-8-14(21)18-16(23)20-19-15(22)10-13-2-1-9-24-13/h1-9H,10H2,(H,19,22)(H2,18,20,21,23). The van der Waals surface area contributed by atoms with Crippen molar-refractivity contribution >= 4 is 46.6 Å². The third-order valence-corrected chi connectivity index (χ3v) is 3.84. The number of hydrazine groups is 1. The molecule has 124 valence electrons. The van der Waals surface area contributed by atoms with Crippen LogP contribution in [0.3, 0.4) is 0 Å². The fourth-order valence-corrected chi connectivity index (χ4v) is 2.53. The third kappa shape index (κ3) is 6.27. The maximum atomic E-state index is 12.8. The molecule has 0 radical (unpaired) electrons. The molecule has 0 bridgehead atoms. The molecule has 0 saturated heterocycles. The average Bonchev–Trinajstić information content (AvgIpc) is 3.05. The van der Waals surface area contributed by atoms with E-state index < -0.39 is 5.91 Å². The van der Waals surface area contributed by atoms with Crippen LogP contribution in [0.2, 0.25) is 0 Å². The Bertz CT molecular complexity index is 743. The first-order valence-corrected chi connectivity index (χ1v) is 8.17. The smallest absolute Gasteiger partial charge is 0.250 e. The van der Waals surface area contributed by atoms with Crippen molar-refractivity contribution in [2.45, 2.75) is 6.42 Å². The molecule has 0 saturated carbocycles. The molecule has 2 rings (SSSR count). The Balaban J connectivity index is 1.72. The normalized spacial score (nSPS) is 10.4. The van der Waals surface area contributed by atoms with Crippen molar-refractivity contribution in [3.63, 3.8) is 0 Å². The zero-order valence-electron chi connectivity index (χ0n) is 12.4. The predicted molar refractivity (Wildman–Crippen MR) is 95.5 cm³/mol. The number of carbonyl (C=O) groups is 2. The highest BCUT2D eigenvalue weighted by molar-refractivity contribution is 7.80. The molecule has 1 aromatic carbocycles. The van der Waals surface area contributed by atoms with E-state index in [0.29, 0.717) is 5.56 Å². The van der Waals surface area contributed by atoms with Crippen LogP contribution in [-0.2, 0) is 16.0 Å². The maximum Gasteiger partial charge on any atom is 0.250 e. The van der Waals surface area contributed by atoms with Crippen molar-refractivity contribution in [1.82, 2.24) is 16.2 Å². The Morgan fingerprint density at radius 1 is 1.17 bits per heavy atom. The van der Waals surface area contributed by atoms with Gasteiger partial charge >= 0.3 is 0 Å². The number of thiocarbonyl (C=S) groups is 1. The van der Waals surface area contributed by atoms with E-state index in [1.165, 1.54) is 35.6 Å². The summed E-state index contributed by atoms with van der Waals surface area (Å²) >= 11 is 6.38. The van der Waals surface area contributed by atoms with Gasteiger partial charge in [-0.05, 0) is 47.4 Å². The van der Waals surface area contributed by atoms with E-state index in [0.717, 1.165) is 4.88 Å². The fourth-order valence-electron chi connectivity index (χ4n) is 1.67. The first-order chi connectivity index (χ1) is 11.5. The molecule has 2 aromatic rings. The average molecular weight is 363 g/mol. The number of carbonyl (C=O) groups excluding carboxylic acids is 2. The molecule has 2 amide bonds. The van der Waals surface area contributed by atoms with Gasteiger partial charge in [0.1, 0.15) is 5.82 Å². The molecule has 0 aliphatic rings. The topological polar surface area (TPSA) is 70.2 Å². The molecule has 1 heterocycles. The lowest BCUT2D eigenvalue weighted by molar-refractivity contribution is -0.121. The van der Waals surface area contributed by atoms with Gasteiger partial charge in [-0.3, -0.25) is 25.8 Å². The second kappa shape index (κ2) is 8.90. The molecular weight excluding hydrogens is 349 g/mol. The maximum absolute atomic E-state index is 12.8. The van der Waals surface area contributed by atoms with Gasteiger partial charge in [0.25, 0.3) is 0 Å². The Hall–Kier alpha value is -2.58. The summed E-state index contributed by atoms with van der Waals surface area (Å²) in [5, 5.41) is 4.24. The number of amides is 2. The van der Waals surface area contributed by atoms with E-state index in [2.05, 4.69) is 16.2 Å². The second-order valence-electron chi connectivity index (χ2n) is 4.63. The van der Waals surface area contributed by atoms with Crippen LogP contribution in [0.15, 0.2) is 47.9 Å². The van der Waals surface area contributed by atoms with Crippen molar-refractivity contribution in [1.29, 1.82) is 0 Å². The Morgan fingerprint density at radius 3 is 2.58 bits per heavy atom. The Labute approximate surface area is 147 Å². The monoisotopic (exact) mass is 363 g/mol. The van der Waals surface area contributed by atoms with Gasteiger partial charge in [0.05, 0.1) is 6.42 Å². The van der Waals surface area contributed by atoms with E-state index in [1.54, 1.807) is 12.1 Å². The van der Waals surface area contributed by atoms with Crippen molar-refractivity contribution < 1.29 is 14.0 Å². The number of hydrogen-bond acceptors (Lipinski definition) is 4. The molecule has 0 unspecified atom stereocenters. The quantitative estimate of drug-likeness (QED) is 0.442. The van der Waals surface area contributed by atoms with Gasteiger partial charge in [-0.25, -0.2) is 4.39 Å². The van der Waals surface area contributed by atoms with Gasteiger partial charge in [-0.15, -0.1) is 11.3 Å². The van der Waals surface area contributed by atoms with Gasteiger partial charge in [-0.1, -0.05) is 18.2 Å². The highest BCUT2D eigenvalue weighted by Crippen LogP contribution is 2.08. The van der Waals surface area contributed by atoms with Crippen molar-refractivity contribution in [3.8, 4) is 0 Å². The zero-order valence-corrected chi connectivity index (χ0v) is 14.0. The molecule has 0 aliphatic carbocycles. The Morgan fingerprint density at radius 2 is 1.92 bits per heavy atom. The van der Waals surface area contributed by atoms with Gasteiger partial charge in [0.15, 0.2) is 5.11 Å². The van der Waals surface area contributed by atoms with Gasteiger partial charge < -0.3 is 0 Å². The minimum absolute atomic E-state index is 0.0247. The van der Waals surface area contributed by atoms with Crippen LogP contribution in [0.25, 0.3) is 6.08 Å². The number of hydrogen-bond donors (Lipinski definition) is 3. The van der Waals surface area contributed by atoms with Crippen molar-refractivity contribution in [2.24, 2.45) is 0 Å². The summed E-state index contributed by atoms with van der Waals surface area (Å²) in [6.45, 7) is 0. The molecule has 1 aromatic heterocycles. The SMILES string of the molecule is O=C(C=Cc1ccc(F)cc1)NC(=S)NNC(=O)Cc1cccs1. The molecular formula is C16H14FN3O2S2. The van der Waals surface area contributed by atoms with Crippen LogP contribution >= 0.6 is 23.6 Å². The van der Waals surface area contributed by atoms with Gasteiger partial charge in [0.2, 0.25) is 11.8 Å². The lowest BCUT2D eigenvalue weighted by atomic mass is 10.2. The summed E-state index contributed by atoms with van der Waals surface area (Å²) < 4.78 is 12.8. The number of rotatable bonds is 4. The van der Waals surface area contributed by atoms with Crippen LogP contribution in [-0.4, -0.2) is 16.9 Å². The fraction of sp³-hybridized carbons (Fsp3) is 0.0625. The van der Waals surface area contributed by atoms with E-state index in [1.807, 2.05) is 17.5 Å². The number of halogens is 1. The lowest BCUT2D eigenvalue weighted by Crippen LogP contribution is -2.48. The first-order valence-electron chi connectivity index (χ1n) is 6.89. The molecule has 8 heteroatoms. The summed E-state index contributed by atoms with van der Waals surface area (Å²) in [5.74, 6) is -1.08. The summed E-state index contributed by atoms with van der Waals surface area (Å²) in [6.07, 6.45) is 3.01. The van der Waals surface area contributed by atoms with Crippen LogP contribution in [0.4, 0.5) is 4.39 Å². The van der Waals surface area contributed by atoms with Gasteiger partial charge in [0, 0.05) is 11.0 Å². The number of nitrogens with one attached hydrogen (secondary N) is 3. The van der Waals surface area contributed by atoms with Crippen LogP contribution in [0.5, 0.6) is 0 Å². The number of thiophene rings is 1. The molecule has 0 aliphatic heterocycles. The minimum atomic E-state index is -0.468. The largest absolute Gasteiger partial charge is 0.298 e. The van der Waals surface area contributed by atoms with E-state index in [4.69, 9.17) is 12.2 Å². The highest BCUT2D eigenvalue weighted by Gasteiger charge is 2.05. The Kier molecular flexibility index (Phi) is 6.59.